The predicted octanol–water partition coefficient (Wildman–Crippen LogP) is 1.94. The maximum atomic E-state index is 10.5. The number of hydrogen-bond donors (Lipinski definition) is 1. The van der Waals surface area contributed by atoms with Gasteiger partial charge in [0, 0.05) is 12.8 Å². The van der Waals surface area contributed by atoms with Crippen LogP contribution in [-0.4, -0.2) is 48.5 Å². The highest BCUT2D eigenvalue weighted by Crippen LogP contribution is 2.36. The molecule has 0 saturated carbocycles. The molecule has 1 N–H and O–H groups in total. The van der Waals surface area contributed by atoms with Crippen molar-refractivity contribution < 1.29 is 38.3 Å². The Labute approximate surface area is 189 Å². The number of likely N-dealkylation sites (tertiary alicyclic amines) is 1. The average Bonchev–Trinajstić information content (AvgIpc) is 2.99. The number of hydrogen-bond acceptors (Lipinski definition) is 2. The Morgan fingerprint density at radius 3 is 2.18 bits per heavy atom. The summed E-state index contributed by atoms with van der Waals surface area (Å²) in [6.45, 7) is 19.7. The summed E-state index contributed by atoms with van der Waals surface area (Å²) in [5, 5.41) is 10.5. The third kappa shape index (κ3) is 7.68. The van der Waals surface area contributed by atoms with Gasteiger partial charge >= 0.3 is 0 Å². The van der Waals surface area contributed by atoms with E-state index in [1.807, 2.05) is 18.2 Å². The molecule has 1 aliphatic rings. The van der Waals surface area contributed by atoms with Gasteiger partial charge in [-0.3, -0.25) is 0 Å². The van der Waals surface area contributed by atoms with Crippen LogP contribution in [0.25, 0.3) is 0 Å². The fraction of sp³-hybridized carbons (Fsp3) is 0.667. The van der Waals surface area contributed by atoms with Gasteiger partial charge in [0.05, 0.1) is 19.6 Å². The second-order valence-corrected chi connectivity index (χ2v) is 10.3. The molecule has 1 unspecified atom stereocenters. The van der Waals surface area contributed by atoms with Gasteiger partial charge in [-0.15, -0.1) is 0 Å². The van der Waals surface area contributed by atoms with Crippen molar-refractivity contribution in [3.63, 3.8) is 0 Å². The van der Waals surface area contributed by atoms with Crippen LogP contribution in [0.4, 0.5) is 0 Å². The number of aliphatic hydroxyl groups excluding tert-OH is 1. The minimum absolute atomic E-state index is 0. The molecule has 2 rings (SSSR count). The predicted molar refractivity (Wildman–Crippen MR) is 114 cm³/mol. The third-order valence-corrected chi connectivity index (χ3v) is 5.68. The maximum Gasteiger partial charge on any atom is 0.137 e. The van der Waals surface area contributed by atoms with Gasteiger partial charge < -0.3 is 38.3 Å². The number of rotatable bonds is 9. The van der Waals surface area contributed by atoms with E-state index in [9.17, 15) is 5.11 Å². The van der Waals surface area contributed by atoms with E-state index in [-0.39, 0.29) is 29.4 Å². The molecule has 0 spiro atoms. The highest BCUT2D eigenvalue weighted by molar-refractivity contribution is 5.31. The van der Waals surface area contributed by atoms with E-state index in [4.69, 9.17) is 4.74 Å². The molecule has 1 heterocycles. The van der Waals surface area contributed by atoms with Crippen molar-refractivity contribution >= 4 is 0 Å². The summed E-state index contributed by atoms with van der Waals surface area (Å²) in [6, 6.07) is 8.41. The second-order valence-electron chi connectivity index (χ2n) is 10.3. The molecule has 1 saturated heterocycles. The monoisotopic (exact) mass is 501 g/mol. The minimum Gasteiger partial charge on any atom is -1.00 e. The SMILES string of the molecule is C=CC[N+]1(CC(O)COc2ccc(C(C)(C)CC(C)(C)C)cc2)CCCC1.[I-]. The highest BCUT2D eigenvalue weighted by atomic mass is 127. The standard InChI is InChI=1S/C24H40NO2.HI/c1-7-14-25(15-8-9-16-25)17-21(26)18-27-22-12-10-20(11-13-22)24(5,6)19-23(2,3)4;/h7,10-13,21,26H,1,8-9,14-19H2,2-6H3;1H/q+1;/p-1. The summed E-state index contributed by atoms with van der Waals surface area (Å²) in [4.78, 5) is 0. The number of nitrogens with zero attached hydrogens (tertiary/aromatic N) is 1. The Morgan fingerprint density at radius 1 is 1.11 bits per heavy atom. The van der Waals surface area contributed by atoms with E-state index in [0.717, 1.165) is 42.8 Å². The van der Waals surface area contributed by atoms with Crippen LogP contribution in [0.1, 0.15) is 59.4 Å². The Balaban J connectivity index is 0.00000392. The minimum atomic E-state index is -0.444. The van der Waals surface area contributed by atoms with Crippen LogP contribution >= 0.6 is 0 Å². The van der Waals surface area contributed by atoms with Crippen molar-refractivity contribution in [2.24, 2.45) is 5.41 Å². The summed E-state index contributed by atoms with van der Waals surface area (Å²) >= 11 is 0. The second kappa shape index (κ2) is 10.4. The van der Waals surface area contributed by atoms with Crippen LogP contribution in [0.3, 0.4) is 0 Å². The first kappa shape index (κ1) is 25.4. The zero-order valence-corrected chi connectivity index (χ0v) is 20.7. The number of aliphatic hydroxyl groups is 1. The van der Waals surface area contributed by atoms with Crippen LogP contribution in [0.15, 0.2) is 36.9 Å². The first-order valence-electron chi connectivity index (χ1n) is 10.4. The molecule has 1 atom stereocenters. The topological polar surface area (TPSA) is 29.5 Å². The third-order valence-electron chi connectivity index (χ3n) is 5.68. The summed E-state index contributed by atoms with van der Waals surface area (Å²) in [7, 11) is 0. The van der Waals surface area contributed by atoms with Crippen molar-refractivity contribution in [2.75, 3.05) is 32.8 Å². The van der Waals surface area contributed by atoms with Gasteiger partial charge in [-0.2, -0.15) is 0 Å². The largest absolute Gasteiger partial charge is 1.00 e. The number of benzene rings is 1. The van der Waals surface area contributed by atoms with E-state index in [0.29, 0.717) is 12.0 Å². The molecule has 1 aromatic carbocycles. The Bertz CT molecular complexity index is 598. The first-order valence-corrected chi connectivity index (χ1v) is 10.4. The normalized spacial score (nSPS) is 17.6. The molecule has 0 amide bonds. The molecule has 160 valence electrons. The lowest BCUT2D eigenvalue weighted by Crippen LogP contribution is -3.00. The molecule has 0 bridgehead atoms. The van der Waals surface area contributed by atoms with Crippen LogP contribution in [0, 0.1) is 5.41 Å². The summed E-state index contributed by atoms with van der Waals surface area (Å²) in [5.41, 5.74) is 1.76. The van der Waals surface area contributed by atoms with E-state index in [1.165, 1.54) is 18.4 Å². The lowest BCUT2D eigenvalue weighted by molar-refractivity contribution is -0.914. The Kier molecular flexibility index (Phi) is 9.49. The van der Waals surface area contributed by atoms with Gasteiger partial charge in [0.15, 0.2) is 0 Å². The number of ether oxygens (including phenoxy) is 1. The van der Waals surface area contributed by atoms with Crippen molar-refractivity contribution in [1.82, 2.24) is 0 Å². The molecule has 28 heavy (non-hydrogen) atoms. The quantitative estimate of drug-likeness (QED) is 0.319. The van der Waals surface area contributed by atoms with Gasteiger partial charge in [-0.25, -0.2) is 0 Å². The van der Waals surface area contributed by atoms with E-state index < -0.39 is 6.10 Å². The molecule has 0 aliphatic carbocycles. The van der Waals surface area contributed by atoms with Crippen LogP contribution in [-0.2, 0) is 5.41 Å². The summed E-state index contributed by atoms with van der Waals surface area (Å²) in [6.07, 6.45) is 5.15. The maximum absolute atomic E-state index is 10.5. The Hall–Kier alpha value is -0.590. The zero-order valence-electron chi connectivity index (χ0n) is 18.5. The smallest absolute Gasteiger partial charge is 0.137 e. The zero-order chi connectivity index (χ0) is 20.1. The van der Waals surface area contributed by atoms with Gasteiger partial charge in [0.1, 0.15) is 25.0 Å². The van der Waals surface area contributed by atoms with E-state index >= 15 is 0 Å². The summed E-state index contributed by atoms with van der Waals surface area (Å²) < 4.78 is 6.84. The molecule has 4 heteroatoms. The van der Waals surface area contributed by atoms with Crippen molar-refractivity contribution in [2.45, 2.75) is 65.4 Å². The van der Waals surface area contributed by atoms with E-state index in [1.54, 1.807) is 0 Å². The van der Waals surface area contributed by atoms with Gasteiger partial charge in [-0.1, -0.05) is 53.3 Å². The van der Waals surface area contributed by atoms with Crippen LogP contribution in [0.2, 0.25) is 0 Å². The molecule has 3 nitrogen and oxygen atoms in total. The Morgan fingerprint density at radius 2 is 1.68 bits per heavy atom. The highest BCUT2D eigenvalue weighted by Gasteiger charge is 2.33. The first-order chi connectivity index (χ1) is 12.6. The molecule has 1 fully saturated rings. The summed E-state index contributed by atoms with van der Waals surface area (Å²) in [5.74, 6) is 0.834. The van der Waals surface area contributed by atoms with Gasteiger partial charge in [-0.05, 0) is 41.0 Å². The molecule has 1 aromatic rings. The molecular formula is C24H40INO2. The van der Waals surface area contributed by atoms with Crippen LogP contribution < -0.4 is 28.7 Å². The molecule has 1 aliphatic heterocycles. The van der Waals surface area contributed by atoms with Gasteiger partial charge in [0.25, 0.3) is 0 Å². The van der Waals surface area contributed by atoms with Crippen LogP contribution in [0.5, 0.6) is 5.75 Å². The lowest BCUT2D eigenvalue weighted by Gasteiger charge is -2.35. The fourth-order valence-corrected chi connectivity index (χ4v) is 4.84. The van der Waals surface area contributed by atoms with Crippen molar-refractivity contribution in [1.29, 1.82) is 0 Å². The van der Waals surface area contributed by atoms with Gasteiger partial charge in [0.2, 0.25) is 0 Å². The number of halogens is 1. The number of quaternary nitrogens is 1. The lowest BCUT2D eigenvalue weighted by atomic mass is 9.72. The average molecular weight is 501 g/mol. The van der Waals surface area contributed by atoms with Crippen molar-refractivity contribution in [3.05, 3.63) is 42.5 Å². The molecular weight excluding hydrogens is 461 g/mol. The molecule has 0 aromatic heterocycles. The fourth-order valence-electron chi connectivity index (χ4n) is 4.84. The molecule has 0 radical (unpaired) electrons. The van der Waals surface area contributed by atoms with Crippen molar-refractivity contribution in [3.8, 4) is 5.75 Å². The van der Waals surface area contributed by atoms with E-state index in [2.05, 4.69) is 53.3 Å².